The average molecular weight is 415 g/mol. The summed E-state index contributed by atoms with van der Waals surface area (Å²) >= 11 is 0. The highest BCUT2D eigenvalue weighted by atomic mass is 32.2. The molecule has 0 atom stereocenters. The Labute approximate surface area is 174 Å². The number of amides is 1. The van der Waals surface area contributed by atoms with Gasteiger partial charge >= 0.3 is 0 Å². The second-order valence-corrected chi connectivity index (χ2v) is 10.4. The monoisotopic (exact) mass is 414 g/mol. The molecule has 3 rings (SSSR count). The van der Waals surface area contributed by atoms with Gasteiger partial charge in [-0.3, -0.25) is 4.79 Å². The first kappa shape index (κ1) is 21.5. The van der Waals surface area contributed by atoms with Crippen molar-refractivity contribution in [2.24, 2.45) is 0 Å². The molecule has 0 bridgehead atoms. The molecule has 0 aromatic heterocycles. The van der Waals surface area contributed by atoms with E-state index in [1.807, 2.05) is 49.4 Å². The lowest BCUT2D eigenvalue weighted by Crippen LogP contribution is -2.34. The van der Waals surface area contributed by atoms with Gasteiger partial charge in [-0.25, -0.2) is 13.1 Å². The lowest BCUT2D eigenvalue weighted by Gasteiger charge is -2.28. The highest BCUT2D eigenvalue weighted by molar-refractivity contribution is 7.88. The second kappa shape index (κ2) is 8.28. The summed E-state index contributed by atoms with van der Waals surface area (Å²) in [6.07, 6.45) is 1.20. The summed E-state index contributed by atoms with van der Waals surface area (Å²) < 4.78 is 27.7. The molecule has 5 nitrogen and oxygen atoms in total. The van der Waals surface area contributed by atoms with Crippen molar-refractivity contribution in [3.63, 3.8) is 0 Å². The number of carbonyl (C=O) groups is 1. The third kappa shape index (κ3) is 5.25. The van der Waals surface area contributed by atoms with Crippen LogP contribution in [-0.4, -0.2) is 20.9 Å². The molecule has 2 aromatic carbocycles. The van der Waals surface area contributed by atoms with Gasteiger partial charge in [0.05, 0.1) is 5.75 Å². The van der Waals surface area contributed by atoms with Gasteiger partial charge in [0.15, 0.2) is 0 Å². The van der Waals surface area contributed by atoms with E-state index in [9.17, 15) is 13.2 Å². The third-order valence-electron chi connectivity index (χ3n) is 5.33. The third-order valence-corrected chi connectivity index (χ3v) is 6.63. The largest absolute Gasteiger partial charge is 0.312 e. The molecule has 156 valence electrons. The predicted octanol–water partition coefficient (Wildman–Crippen LogP) is 3.90. The molecule has 2 aromatic rings. The number of hydrogen-bond acceptors (Lipinski definition) is 3. The van der Waals surface area contributed by atoms with E-state index in [0.29, 0.717) is 19.4 Å². The fourth-order valence-corrected chi connectivity index (χ4v) is 4.75. The summed E-state index contributed by atoms with van der Waals surface area (Å²) in [5, 5.41) is 0. The number of sulfonamides is 1. The number of nitrogens with zero attached hydrogens (tertiary/aromatic N) is 1. The van der Waals surface area contributed by atoms with Crippen molar-refractivity contribution in [3.8, 4) is 0 Å². The molecule has 1 N–H and O–H groups in total. The molecular weight excluding hydrogens is 384 g/mol. The van der Waals surface area contributed by atoms with Crippen LogP contribution in [0.15, 0.2) is 42.5 Å². The summed E-state index contributed by atoms with van der Waals surface area (Å²) in [6.45, 7) is 9.25. The van der Waals surface area contributed by atoms with Crippen LogP contribution in [-0.2, 0) is 39.0 Å². The number of carbonyl (C=O) groups excluding carboxylic acids is 1. The molecule has 0 radical (unpaired) electrons. The summed E-state index contributed by atoms with van der Waals surface area (Å²) in [4.78, 5) is 13.8. The minimum absolute atomic E-state index is 0.0412. The Morgan fingerprint density at radius 1 is 1.00 bits per heavy atom. The van der Waals surface area contributed by atoms with Crippen LogP contribution in [0.3, 0.4) is 0 Å². The maximum atomic E-state index is 12.5. The van der Waals surface area contributed by atoms with Crippen LogP contribution in [0, 0.1) is 0 Å². The lowest BCUT2D eigenvalue weighted by molar-refractivity contribution is -0.118. The molecule has 0 aliphatic carbocycles. The van der Waals surface area contributed by atoms with Gasteiger partial charge in [0.25, 0.3) is 0 Å². The first-order valence-electron chi connectivity index (χ1n) is 10.1. The zero-order valence-corrected chi connectivity index (χ0v) is 18.5. The molecule has 29 heavy (non-hydrogen) atoms. The minimum atomic E-state index is -3.44. The SMILES string of the molecule is CCN1C(=O)CCc2cc(CNS(=O)(=O)Cc3ccc(C(C)(C)C)cc3)ccc21. The maximum Gasteiger partial charge on any atom is 0.227 e. The molecule has 1 amide bonds. The predicted molar refractivity (Wildman–Crippen MR) is 117 cm³/mol. The molecule has 0 fully saturated rings. The van der Waals surface area contributed by atoms with Gasteiger partial charge in [-0.15, -0.1) is 0 Å². The first-order valence-corrected chi connectivity index (χ1v) is 11.7. The summed E-state index contributed by atoms with van der Waals surface area (Å²) in [5.74, 6) is 0.103. The molecule has 6 heteroatoms. The Balaban J connectivity index is 1.65. The van der Waals surface area contributed by atoms with Crippen molar-refractivity contribution >= 4 is 21.6 Å². The highest BCUT2D eigenvalue weighted by Gasteiger charge is 2.23. The number of benzene rings is 2. The Morgan fingerprint density at radius 2 is 1.66 bits per heavy atom. The summed E-state index contributed by atoms with van der Waals surface area (Å²) in [5.41, 5.74) is 4.93. The van der Waals surface area contributed by atoms with E-state index in [1.54, 1.807) is 4.90 Å². The Morgan fingerprint density at radius 3 is 2.28 bits per heavy atom. The van der Waals surface area contributed by atoms with Gasteiger partial charge in [-0.05, 0) is 47.1 Å². The molecule has 1 aliphatic heterocycles. The van der Waals surface area contributed by atoms with Crippen LogP contribution in [0.25, 0.3) is 0 Å². The topological polar surface area (TPSA) is 66.5 Å². The quantitative estimate of drug-likeness (QED) is 0.779. The van der Waals surface area contributed by atoms with E-state index in [2.05, 4.69) is 25.5 Å². The molecule has 1 aliphatic rings. The molecule has 0 saturated heterocycles. The number of nitrogens with one attached hydrogen (secondary N) is 1. The van der Waals surface area contributed by atoms with Crippen LogP contribution in [0.1, 0.15) is 56.4 Å². The zero-order valence-electron chi connectivity index (χ0n) is 17.7. The number of hydrogen-bond donors (Lipinski definition) is 1. The normalized spacial score (nSPS) is 14.8. The van der Waals surface area contributed by atoms with Crippen molar-refractivity contribution < 1.29 is 13.2 Å². The van der Waals surface area contributed by atoms with Gasteiger partial charge < -0.3 is 4.90 Å². The van der Waals surface area contributed by atoms with E-state index >= 15 is 0 Å². The van der Waals surface area contributed by atoms with Crippen LogP contribution in [0.2, 0.25) is 0 Å². The fourth-order valence-electron chi connectivity index (χ4n) is 3.63. The van der Waals surface area contributed by atoms with Crippen LogP contribution < -0.4 is 9.62 Å². The van der Waals surface area contributed by atoms with E-state index in [4.69, 9.17) is 0 Å². The molecule has 1 heterocycles. The van der Waals surface area contributed by atoms with Gasteiger partial charge in [0, 0.05) is 25.2 Å². The molecule has 0 unspecified atom stereocenters. The fraction of sp³-hybridized carbons (Fsp3) is 0.435. The van der Waals surface area contributed by atoms with Crippen molar-refractivity contribution in [1.29, 1.82) is 0 Å². The average Bonchev–Trinajstić information content (AvgIpc) is 2.66. The van der Waals surface area contributed by atoms with Gasteiger partial charge in [0.2, 0.25) is 15.9 Å². The van der Waals surface area contributed by atoms with Crippen LogP contribution in [0.5, 0.6) is 0 Å². The molecule has 0 spiro atoms. The van der Waals surface area contributed by atoms with E-state index in [-0.39, 0.29) is 23.6 Å². The lowest BCUT2D eigenvalue weighted by atomic mass is 9.87. The Kier molecular flexibility index (Phi) is 6.15. The van der Waals surface area contributed by atoms with Gasteiger partial charge in [-0.2, -0.15) is 0 Å². The van der Waals surface area contributed by atoms with Crippen molar-refractivity contribution in [3.05, 3.63) is 64.7 Å². The van der Waals surface area contributed by atoms with E-state index < -0.39 is 10.0 Å². The van der Waals surface area contributed by atoms with Crippen LogP contribution >= 0.6 is 0 Å². The first-order chi connectivity index (χ1) is 13.6. The minimum Gasteiger partial charge on any atom is -0.312 e. The van der Waals surface area contributed by atoms with E-state index in [0.717, 1.165) is 22.4 Å². The molecule has 0 saturated carbocycles. The maximum absolute atomic E-state index is 12.5. The van der Waals surface area contributed by atoms with Gasteiger partial charge in [0.1, 0.15) is 0 Å². The second-order valence-electron chi connectivity index (χ2n) is 8.63. The summed E-state index contributed by atoms with van der Waals surface area (Å²) in [6, 6.07) is 13.6. The number of rotatable bonds is 6. The Hall–Kier alpha value is -2.18. The Bertz CT molecular complexity index is 990. The molecular formula is C23H30N2O3S. The zero-order chi connectivity index (χ0) is 21.2. The number of aryl methyl sites for hydroxylation is 1. The number of fused-ring (bicyclic) bond motifs is 1. The van der Waals surface area contributed by atoms with Crippen LogP contribution in [0.4, 0.5) is 5.69 Å². The van der Waals surface area contributed by atoms with Crippen molar-refractivity contribution in [2.45, 2.75) is 58.2 Å². The standard InChI is InChI=1S/C23H30N2O3S/c1-5-25-21-12-8-18(14-19(21)9-13-22(25)26)15-24-29(27,28)16-17-6-10-20(11-7-17)23(2,3)4/h6-8,10-12,14,24H,5,9,13,15-16H2,1-4H3. The highest BCUT2D eigenvalue weighted by Crippen LogP contribution is 2.28. The number of anilines is 1. The van der Waals surface area contributed by atoms with Crippen molar-refractivity contribution in [2.75, 3.05) is 11.4 Å². The van der Waals surface area contributed by atoms with E-state index in [1.165, 1.54) is 5.56 Å². The summed E-state index contributed by atoms with van der Waals surface area (Å²) in [7, 11) is -3.44. The van der Waals surface area contributed by atoms with Crippen molar-refractivity contribution in [1.82, 2.24) is 4.72 Å². The van der Waals surface area contributed by atoms with Gasteiger partial charge in [-0.1, -0.05) is 57.2 Å². The smallest absolute Gasteiger partial charge is 0.227 e.